The molecule has 2 aromatic carbocycles. The summed E-state index contributed by atoms with van der Waals surface area (Å²) in [7, 11) is -3.69. The van der Waals surface area contributed by atoms with Gasteiger partial charge in [-0.05, 0) is 43.7 Å². The second kappa shape index (κ2) is 9.02. The zero-order valence-corrected chi connectivity index (χ0v) is 16.5. The highest BCUT2D eigenvalue weighted by atomic mass is 35.5. The summed E-state index contributed by atoms with van der Waals surface area (Å²) in [6.45, 7) is 5.30. The van der Waals surface area contributed by atoms with Crippen molar-refractivity contribution in [2.45, 2.75) is 31.7 Å². The molecule has 0 aliphatic rings. The molecule has 2 atom stereocenters. The Hall–Kier alpha value is -2.09. The Morgan fingerprint density at radius 3 is 2.27 bits per heavy atom. The van der Waals surface area contributed by atoms with Gasteiger partial charge in [0.2, 0.25) is 5.91 Å². The van der Waals surface area contributed by atoms with Crippen LogP contribution in [0.15, 0.2) is 53.4 Å². The van der Waals surface area contributed by atoms with Gasteiger partial charge in [0.15, 0.2) is 0 Å². The maximum absolute atomic E-state index is 12.5. The van der Waals surface area contributed by atoms with Gasteiger partial charge in [0.1, 0.15) is 0 Å². The third-order valence-electron chi connectivity index (χ3n) is 4.01. The van der Waals surface area contributed by atoms with Crippen molar-refractivity contribution in [1.82, 2.24) is 0 Å². The summed E-state index contributed by atoms with van der Waals surface area (Å²) in [6.07, 6.45) is 0. The van der Waals surface area contributed by atoms with Crippen LogP contribution in [0.1, 0.15) is 19.4 Å². The van der Waals surface area contributed by atoms with Crippen LogP contribution in [0.2, 0.25) is 0 Å². The molecule has 0 radical (unpaired) electrons. The van der Waals surface area contributed by atoms with Gasteiger partial charge in [-0.1, -0.05) is 31.2 Å². The van der Waals surface area contributed by atoms with Gasteiger partial charge in [0, 0.05) is 11.7 Å². The molecule has 6 nitrogen and oxygen atoms in total. The minimum atomic E-state index is -3.69. The molecule has 0 aliphatic carbocycles. The van der Waals surface area contributed by atoms with E-state index in [0.29, 0.717) is 11.4 Å². The van der Waals surface area contributed by atoms with Crippen LogP contribution in [0.3, 0.4) is 0 Å². The van der Waals surface area contributed by atoms with Gasteiger partial charge in [-0.15, -0.1) is 12.4 Å². The molecule has 2 aromatic rings. The summed E-state index contributed by atoms with van der Waals surface area (Å²) in [4.78, 5) is 12.3. The summed E-state index contributed by atoms with van der Waals surface area (Å²) in [6, 6.07) is 12.9. The Morgan fingerprint density at radius 1 is 1.08 bits per heavy atom. The molecule has 0 saturated heterocycles. The van der Waals surface area contributed by atoms with E-state index >= 15 is 0 Å². The average molecular weight is 398 g/mol. The number of hydrogen-bond donors (Lipinski definition) is 3. The molecule has 26 heavy (non-hydrogen) atoms. The Labute approximate surface area is 160 Å². The summed E-state index contributed by atoms with van der Waals surface area (Å²) in [5.41, 5.74) is 7.41. The Morgan fingerprint density at radius 2 is 1.69 bits per heavy atom. The molecule has 4 N–H and O–H groups in total. The fourth-order valence-corrected chi connectivity index (χ4v) is 3.25. The molecule has 0 aromatic heterocycles. The Bertz CT molecular complexity index is 855. The largest absolute Gasteiger partial charge is 0.327 e. The molecule has 142 valence electrons. The van der Waals surface area contributed by atoms with E-state index in [9.17, 15) is 13.2 Å². The Balaban J connectivity index is 0.00000338. The zero-order chi connectivity index (χ0) is 18.6. The molecule has 0 spiro atoms. The maximum Gasteiger partial charge on any atom is 0.261 e. The Kier molecular flexibility index (Phi) is 7.62. The predicted molar refractivity (Wildman–Crippen MR) is 107 cm³/mol. The number of anilines is 2. The highest BCUT2D eigenvalue weighted by Crippen LogP contribution is 2.24. The van der Waals surface area contributed by atoms with Gasteiger partial charge >= 0.3 is 0 Å². The number of sulfonamides is 1. The fourth-order valence-electron chi connectivity index (χ4n) is 2.11. The van der Waals surface area contributed by atoms with E-state index < -0.39 is 10.0 Å². The lowest BCUT2D eigenvalue weighted by Crippen LogP contribution is -2.34. The molecule has 0 bridgehead atoms. The van der Waals surface area contributed by atoms with Crippen molar-refractivity contribution in [3.8, 4) is 0 Å². The monoisotopic (exact) mass is 397 g/mol. The first-order valence-corrected chi connectivity index (χ1v) is 9.44. The van der Waals surface area contributed by atoms with Crippen molar-refractivity contribution in [3.05, 3.63) is 54.1 Å². The third-order valence-corrected chi connectivity index (χ3v) is 5.39. The third kappa shape index (κ3) is 5.45. The topological polar surface area (TPSA) is 101 Å². The maximum atomic E-state index is 12.5. The number of halogens is 1. The molecule has 0 aliphatic heterocycles. The number of rotatable bonds is 6. The summed E-state index contributed by atoms with van der Waals surface area (Å²) >= 11 is 0. The smallest absolute Gasteiger partial charge is 0.261 e. The number of hydrogen-bond acceptors (Lipinski definition) is 4. The number of nitrogens with one attached hydrogen (secondary N) is 2. The standard InChI is InChI=1S/C18H23N3O3S.ClH/c1-12-9-10-15(20-18(22)13(2)14(3)19)11-17(12)21-25(23,24)16-7-5-4-6-8-16;/h4-11,13-14,21H,19H2,1-3H3,(H,20,22);1H. The first-order valence-electron chi connectivity index (χ1n) is 7.95. The van der Waals surface area contributed by atoms with E-state index in [2.05, 4.69) is 10.0 Å². The minimum absolute atomic E-state index is 0. The zero-order valence-electron chi connectivity index (χ0n) is 14.9. The first kappa shape index (κ1) is 22.0. The second-order valence-electron chi connectivity index (χ2n) is 6.09. The van der Waals surface area contributed by atoms with Crippen molar-refractivity contribution in [2.75, 3.05) is 10.0 Å². The van der Waals surface area contributed by atoms with E-state index in [0.717, 1.165) is 5.56 Å². The molecule has 2 unspecified atom stereocenters. The highest BCUT2D eigenvalue weighted by Gasteiger charge is 2.18. The molecule has 1 amide bonds. The van der Waals surface area contributed by atoms with Crippen molar-refractivity contribution in [2.24, 2.45) is 11.7 Å². The van der Waals surface area contributed by atoms with Crippen LogP contribution in [-0.4, -0.2) is 20.4 Å². The lowest BCUT2D eigenvalue weighted by molar-refractivity contribution is -0.119. The number of aryl methyl sites for hydroxylation is 1. The first-order chi connectivity index (χ1) is 11.7. The van der Waals surface area contributed by atoms with Gasteiger partial charge in [-0.2, -0.15) is 0 Å². The molecule has 2 rings (SSSR count). The van der Waals surface area contributed by atoms with Crippen molar-refractivity contribution in [3.63, 3.8) is 0 Å². The van der Waals surface area contributed by atoms with Crippen molar-refractivity contribution in [1.29, 1.82) is 0 Å². The fraction of sp³-hybridized carbons (Fsp3) is 0.278. The molecule has 0 fully saturated rings. The molecular formula is C18H24ClN3O3S. The quantitative estimate of drug-likeness (QED) is 0.696. The van der Waals surface area contributed by atoms with Crippen molar-refractivity contribution < 1.29 is 13.2 Å². The van der Waals surface area contributed by atoms with Crippen LogP contribution >= 0.6 is 12.4 Å². The molecule has 0 heterocycles. The van der Waals surface area contributed by atoms with Gasteiger partial charge in [-0.3, -0.25) is 9.52 Å². The lowest BCUT2D eigenvalue weighted by atomic mass is 10.0. The van der Waals surface area contributed by atoms with Gasteiger partial charge in [-0.25, -0.2) is 8.42 Å². The highest BCUT2D eigenvalue weighted by molar-refractivity contribution is 7.92. The number of nitrogens with two attached hydrogens (primary N) is 1. The average Bonchev–Trinajstić information content (AvgIpc) is 2.57. The molecular weight excluding hydrogens is 374 g/mol. The van der Waals surface area contributed by atoms with E-state index in [1.807, 2.05) is 0 Å². The van der Waals surface area contributed by atoms with Crippen LogP contribution in [0.5, 0.6) is 0 Å². The van der Waals surface area contributed by atoms with Crippen LogP contribution in [0.4, 0.5) is 11.4 Å². The molecule has 8 heteroatoms. The summed E-state index contributed by atoms with van der Waals surface area (Å²) in [5.74, 6) is -0.568. The lowest BCUT2D eigenvalue weighted by Gasteiger charge is -2.17. The number of carbonyl (C=O) groups is 1. The summed E-state index contributed by atoms with van der Waals surface area (Å²) < 4.78 is 27.5. The van der Waals surface area contributed by atoms with Crippen LogP contribution < -0.4 is 15.8 Å². The number of benzene rings is 2. The van der Waals surface area contributed by atoms with Gasteiger partial charge < -0.3 is 11.1 Å². The summed E-state index contributed by atoms with van der Waals surface area (Å²) in [5, 5.41) is 2.76. The number of carbonyl (C=O) groups excluding carboxylic acids is 1. The normalized spacial score (nSPS) is 13.2. The van der Waals surface area contributed by atoms with Crippen LogP contribution in [0, 0.1) is 12.8 Å². The van der Waals surface area contributed by atoms with Gasteiger partial charge in [0.25, 0.3) is 10.0 Å². The SMILES string of the molecule is Cc1ccc(NC(=O)C(C)C(C)N)cc1NS(=O)(=O)c1ccccc1.Cl. The molecule has 0 saturated carbocycles. The van der Waals surface area contributed by atoms with Crippen LogP contribution in [-0.2, 0) is 14.8 Å². The van der Waals surface area contributed by atoms with Crippen molar-refractivity contribution >= 4 is 39.7 Å². The van der Waals surface area contributed by atoms with Gasteiger partial charge in [0.05, 0.1) is 16.5 Å². The minimum Gasteiger partial charge on any atom is -0.327 e. The van der Waals surface area contributed by atoms with E-state index in [4.69, 9.17) is 5.73 Å². The predicted octanol–water partition coefficient (Wildman–Crippen LogP) is 3.14. The van der Waals surface area contributed by atoms with E-state index in [1.54, 1.807) is 57.2 Å². The second-order valence-corrected chi connectivity index (χ2v) is 7.77. The van der Waals surface area contributed by atoms with Crippen LogP contribution in [0.25, 0.3) is 0 Å². The number of amides is 1. The van der Waals surface area contributed by atoms with E-state index in [1.165, 1.54) is 12.1 Å². The van der Waals surface area contributed by atoms with E-state index in [-0.39, 0.29) is 35.2 Å².